The molecule has 30 heavy (non-hydrogen) atoms. The van der Waals surface area contributed by atoms with Crippen molar-refractivity contribution in [3.05, 3.63) is 34.8 Å². The summed E-state index contributed by atoms with van der Waals surface area (Å²) in [6, 6.07) is 7.50. The molecule has 0 radical (unpaired) electrons. The van der Waals surface area contributed by atoms with Gasteiger partial charge in [-0.25, -0.2) is 4.98 Å². The van der Waals surface area contributed by atoms with E-state index in [1.54, 1.807) is 0 Å². The zero-order valence-electron chi connectivity index (χ0n) is 17.9. The van der Waals surface area contributed by atoms with Crippen LogP contribution in [0.2, 0.25) is 0 Å². The maximum atomic E-state index is 12.9. The van der Waals surface area contributed by atoms with E-state index in [1.807, 2.05) is 49.9 Å². The van der Waals surface area contributed by atoms with Gasteiger partial charge in [-0.1, -0.05) is 19.1 Å². The van der Waals surface area contributed by atoms with Crippen LogP contribution in [-0.2, 0) is 9.59 Å². The number of piperidine rings is 1. The molecule has 1 saturated heterocycles. The van der Waals surface area contributed by atoms with Gasteiger partial charge in [0.1, 0.15) is 5.75 Å². The van der Waals surface area contributed by atoms with Crippen LogP contribution in [0.4, 0.5) is 10.8 Å². The molecule has 1 atom stereocenters. The van der Waals surface area contributed by atoms with Crippen molar-refractivity contribution in [1.82, 2.24) is 9.88 Å². The van der Waals surface area contributed by atoms with Gasteiger partial charge in [-0.05, 0) is 51.8 Å². The number of likely N-dealkylation sites (tertiary alicyclic amines) is 1. The Bertz CT molecular complexity index is 864. The zero-order chi connectivity index (χ0) is 21.5. The van der Waals surface area contributed by atoms with E-state index >= 15 is 0 Å². The van der Waals surface area contributed by atoms with E-state index in [4.69, 9.17) is 4.74 Å². The minimum atomic E-state index is -0.157. The van der Waals surface area contributed by atoms with Crippen LogP contribution in [0.1, 0.15) is 36.8 Å². The van der Waals surface area contributed by atoms with Crippen molar-refractivity contribution in [3.8, 4) is 5.75 Å². The van der Waals surface area contributed by atoms with Gasteiger partial charge in [0.05, 0.1) is 30.5 Å². The highest BCUT2D eigenvalue weighted by molar-refractivity contribution is 7.15. The van der Waals surface area contributed by atoms with Gasteiger partial charge in [-0.3, -0.25) is 14.5 Å². The Morgan fingerprint density at radius 3 is 2.80 bits per heavy atom. The molecule has 0 spiro atoms. The number of nitrogens with one attached hydrogen (secondary N) is 2. The first-order valence-electron chi connectivity index (χ1n) is 10.4. The van der Waals surface area contributed by atoms with Gasteiger partial charge in [0.15, 0.2) is 5.13 Å². The number of ether oxygens (including phenoxy) is 1. The summed E-state index contributed by atoms with van der Waals surface area (Å²) in [5.41, 5.74) is 1.63. The molecule has 1 aromatic heterocycles. The molecule has 3 rings (SSSR count). The summed E-state index contributed by atoms with van der Waals surface area (Å²) in [4.78, 5) is 32.8. The number of amides is 2. The molecule has 1 aliphatic heterocycles. The van der Waals surface area contributed by atoms with E-state index in [-0.39, 0.29) is 24.3 Å². The van der Waals surface area contributed by atoms with Crippen LogP contribution in [0, 0.1) is 19.8 Å². The second-order valence-electron chi connectivity index (χ2n) is 7.62. The summed E-state index contributed by atoms with van der Waals surface area (Å²) >= 11 is 1.48. The van der Waals surface area contributed by atoms with Gasteiger partial charge >= 0.3 is 0 Å². The molecule has 8 heteroatoms. The first kappa shape index (κ1) is 22.2. The number of aromatic nitrogens is 1. The van der Waals surface area contributed by atoms with E-state index < -0.39 is 0 Å². The average Bonchev–Trinajstić information content (AvgIpc) is 3.04. The Labute approximate surface area is 181 Å². The molecule has 2 amide bonds. The molecule has 2 heterocycles. The van der Waals surface area contributed by atoms with Gasteiger partial charge < -0.3 is 15.4 Å². The third-order valence-electron chi connectivity index (χ3n) is 5.13. The standard InChI is InChI=1S/C22H30N4O3S/c1-4-12-29-19-10-6-5-9-18(19)24-21(28)17-8-7-11-26(13-17)14-20(27)25-22-23-15(2)16(3)30-22/h5-6,9-10,17H,4,7-8,11-14H2,1-3H3,(H,24,28)(H,23,25,27). The third kappa shape index (κ3) is 6.03. The van der Waals surface area contributed by atoms with Crippen LogP contribution in [0.5, 0.6) is 5.75 Å². The topological polar surface area (TPSA) is 83.6 Å². The number of benzene rings is 1. The van der Waals surface area contributed by atoms with Crippen LogP contribution >= 0.6 is 11.3 Å². The fraction of sp³-hybridized carbons (Fsp3) is 0.500. The quantitative estimate of drug-likeness (QED) is 0.665. The molecule has 0 saturated carbocycles. The molecule has 1 aliphatic rings. The summed E-state index contributed by atoms with van der Waals surface area (Å²) in [5, 5.41) is 6.51. The van der Waals surface area contributed by atoms with Crippen molar-refractivity contribution < 1.29 is 14.3 Å². The molecule has 1 aromatic carbocycles. The van der Waals surface area contributed by atoms with Crippen molar-refractivity contribution in [1.29, 1.82) is 0 Å². The number of hydrogen-bond acceptors (Lipinski definition) is 6. The third-order valence-corrected chi connectivity index (χ3v) is 6.11. The zero-order valence-corrected chi connectivity index (χ0v) is 18.7. The van der Waals surface area contributed by atoms with Crippen molar-refractivity contribution in [2.75, 3.05) is 36.9 Å². The highest BCUT2D eigenvalue weighted by atomic mass is 32.1. The number of carbonyl (C=O) groups excluding carboxylic acids is 2. The van der Waals surface area contributed by atoms with Gasteiger partial charge in [-0.15, -0.1) is 11.3 Å². The van der Waals surface area contributed by atoms with E-state index in [2.05, 4.69) is 15.6 Å². The van der Waals surface area contributed by atoms with Crippen LogP contribution < -0.4 is 15.4 Å². The summed E-state index contributed by atoms with van der Waals surface area (Å²) in [5.74, 6) is 0.408. The van der Waals surface area contributed by atoms with Gasteiger partial charge in [0, 0.05) is 11.4 Å². The normalized spacial score (nSPS) is 16.8. The summed E-state index contributed by atoms with van der Waals surface area (Å²) < 4.78 is 5.73. The Balaban J connectivity index is 1.54. The van der Waals surface area contributed by atoms with Crippen LogP contribution in [0.3, 0.4) is 0 Å². The number of para-hydroxylation sites is 2. The lowest BCUT2D eigenvalue weighted by Gasteiger charge is -2.31. The van der Waals surface area contributed by atoms with E-state index in [1.165, 1.54) is 11.3 Å². The molecule has 2 aromatic rings. The molecule has 2 N–H and O–H groups in total. The molecular formula is C22H30N4O3S. The predicted octanol–water partition coefficient (Wildman–Crippen LogP) is 3.84. The monoisotopic (exact) mass is 430 g/mol. The fourth-order valence-electron chi connectivity index (χ4n) is 3.44. The smallest absolute Gasteiger partial charge is 0.240 e. The first-order valence-corrected chi connectivity index (χ1v) is 11.3. The van der Waals surface area contributed by atoms with Gasteiger partial charge in [0.2, 0.25) is 11.8 Å². The Morgan fingerprint density at radius 2 is 2.07 bits per heavy atom. The number of nitrogens with zero attached hydrogens (tertiary/aromatic N) is 2. The van der Waals surface area contributed by atoms with E-state index in [9.17, 15) is 9.59 Å². The highest BCUT2D eigenvalue weighted by Crippen LogP contribution is 2.26. The lowest BCUT2D eigenvalue weighted by atomic mass is 9.97. The number of anilines is 2. The summed E-state index contributed by atoms with van der Waals surface area (Å²) in [6.45, 7) is 8.21. The molecule has 1 unspecified atom stereocenters. The Hall–Kier alpha value is -2.45. The molecule has 0 aliphatic carbocycles. The number of carbonyl (C=O) groups is 2. The number of rotatable bonds is 8. The van der Waals surface area contributed by atoms with E-state index in [0.717, 1.165) is 36.4 Å². The predicted molar refractivity (Wildman–Crippen MR) is 120 cm³/mol. The molecule has 1 fully saturated rings. The number of aryl methyl sites for hydroxylation is 2. The lowest BCUT2D eigenvalue weighted by molar-refractivity contribution is -0.123. The van der Waals surface area contributed by atoms with Crippen molar-refractivity contribution in [3.63, 3.8) is 0 Å². The van der Waals surface area contributed by atoms with E-state index in [0.29, 0.717) is 29.7 Å². The number of thiazole rings is 1. The molecule has 7 nitrogen and oxygen atoms in total. The summed E-state index contributed by atoms with van der Waals surface area (Å²) in [7, 11) is 0. The fourth-order valence-corrected chi connectivity index (χ4v) is 4.27. The number of hydrogen-bond donors (Lipinski definition) is 2. The maximum absolute atomic E-state index is 12.9. The second kappa shape index (κ2) is 10.5. The molecule has 0 bridgehead atoms. The Kier molecular flexibility index (Phi) is 7.81. The largest absolute Gasteiger partial charge is 0.491 e. The van der Waals surface area contributed by atoms with Crippen molar-refractivity contribution in [2.24, 2.45) is 5.92 Å². The average molecular weight is 431 g/mol. The van der Waals surface area contributed by atoms with Gasteiger partial charge in [0.25, 0.3) is 0 Å². The minimum Gasteiger partial charge on any atom is -0.491 e. The van der Waals surface area contributed by atoms with Crippen LogP contribution in [0.25, 0.3) is 0 Å². The van der Waals surface area contributed by atoms with Crippen LogP contribution in [-0.4, -0.2) is 47.9 Å². The highest BCUT2D eigenvalue weighted by Gasteiger charge is 2.27. The first-order chi connectivity index (χ1) is 14.5. The van der Waals surface area contributed by atoms with Gasteiger partial charge in [-0.2, -0.15) is 0 Å². The second-order valence-corrected chi connectivity index (χ2v) is 8.82. The molecular weight excluding hydrogens is 400 g/mol. The SMILES string of the molecule is CCCOc1ccccc1NC(=O)C1CCCN(CC(=O)Nc2nc(C)c(C)s2)C1. The lowest BCUT2D eigenvalue weighted by Crippen LogP contribution is -2.44. The van der Waals surface area contributed by atoms with Crippen LogP contribution in [0.15, 0.2) is 24.3 Å². The van der Waals surface area contributed by atoms with Crippen molar-refractivity contribution in [2.45, 2.75) is 40.0 Å². The minimum absolute atomic E-state index is 0.0289. The van der Waals surface area contributed by atoms with Crippen molar-refractivity contribution >= 4 is 34.0 Å². The molecule has 162 valence electrons. The maximum Gasteiger partial charge on any atom is 0.240 e. The Morgan fingerprint density at radius 1 is 1.27 bits per heavy atom. The summed E-state index contributed by atoms with van der Waals surface area (Å²) in [6.07, 6.45) is 2.60.